The van der Waals surface area contributed by atoms with Crippen molar-refractivity contribution >= 4 is 5.97 Å². The number of halogens is 3. The van der Waals surface area contributed by atoms with Gasteiger partial charge in [-0.2, -0.15) is 13.2 Å². The topological polar surface area (TPSA) is 59.4 Å². The van der Waals surface area contributed by atoms with Crippen molar-refractivity contribution in [2.75, 3.05) is 13.2 Å². The highest BCUT2D eigenvalue weighted by Gasteiger charge is 2.48. The van der Waals surface area contributed by atoms with Crippen LogP contribution in [0.2, 0.25) is 0 Å². The maximum absolute atomic E-state index is 13.0. The highest BCUT2D eigenvalue weighted by Crippen LogP contribution is 2.41. The van der Waals surface area contributed by atoms with Crippen LogP contribution in [-0.2, 0) is 21.1 Å². The molecule has 0 aromatic carbocycles. The zero-order valence-corrected chi connectivity index (χ0v) is 9.91. The number of aliphatic carboxylic acids is 1. The summed E-state index contributed by atoms with van der Waals surface area (Å²) in [5.74, 6) is -1.29. The maximum atomic E-state index is 13.0. The number of hydrogen-bond acceptors (Lipinski definition) is 3. The number of rotatable bonds is 2. The van der Waals surface area contributed by atoms with Gasteiger partial charge in [0.15, 0.2) is 0 Å². The predicted molar refractivity (Wildman–Crippen MR) is 58.6 cm³/mol. The molecule has 0 unspecified atom stereocenters. The first-order valence-electron chi connectivity index (χ1n) is 5.72. The van der Waals surface area contributed by atoms with Gasteiger partial charge in [0.05, 0.1) is 11.3 Å². The number of hydrogen-bond donors (Lipinski definition) is 1. The first-order valence-corrected chi connectivity index (χ1v) is 5.72. The van der Waals surface area contributed by atoms with Gasteiger partial charge in [-0.25, -0.2) is 0 Å². The lowest BCUT2D eigenvalue weighted by molar-refractivity contribution is -0.150. The minimum atomic E-state index is -4.62. The molecule has 1 fully saturated rings. The van der Waals surface area contributed by atoms with Crippen LogP contribution in [0.5, 0.6) is 0 Å². The predicted octanol–water partition coefficient (Wildman–Crippen LogP) is 2.23. The summed E-state index contributed by atoms with van der Waals surface area (Å²) in [6, 6.07) is 2.02. The van der Waals surface area contributed by atoms with Gasteiger partial charge < -0.3 is 9.84 Å². The minimum Gasteiger partial charge on any atom is -0.481 e. The number of pyridine rings is 1. The third-order valence-corrected chi connectivity index (χ3v) is 3.32. The van der Waals surface area contributed by atoms with Crippen molar-refractivity contribution in [1.29, 1.82) is 0 Å². The summed E-state index contributed by atoms with van der Waals surface area (Å²) in [6.07, 6.45) is -3.46. The van der Waals surface area contributed by atoms with Crippen molar-refractivity contribution in [3.63, 3.8) is 0 Å². The number of nitrogens with zero attached hydrogens (tertiary/aromatic N) is 1. The minimum absolute atomic E-state index is 0.0115. The molecule has 1 N–H and O–H groups in total. The fraction of sp³-hybridized carbons (Fsp3) is 0.500. The number of aromatic nitrogens is 1. The van der Waals surface area contributed by atoms with Crippen molar-refractivity contribution < 1.29 is 27.8 Å². The number of carboxylic acids is 1. The molecule has 0 radical (unpaired) electrons. The van der Waals surface area contributed by atoms with Crippen LogP contribution in [0.4, 0.5) is 13.2 Å². The van der Waals surface area contributed by atoms with Crippen LogP contribution in [0.1, 0.15) is 24.1 Å². The largest absolute Gasteiger partial charge is 0.481 e. The molecule has 0 saturated carbocycles. The lowest BCUT2D eigenvalue weighted by atomic mass is 9.75. The number of carboxylic acid groups (broad SMARTS) is 1. The van der Waals surface area contributed by atoms with Gasteiger partial charge in [-0.1, -0.05) is 0 Å². The Morgan fingerprint density at radius 1 is 1.37 bits per heavy atom. The van der Waals surface area contributed by atoms with Crippen LogP contribution in [-0.4, -0.2) is 29.3 Å². The van der Waals surface area contributed by atoms with Crippen molar-refractivity contribution in [2.45, 2.75) is 24.4 Å². The smallest absolute Gasteiger partial charge is 0.418 e. The van der Waals surface area contributed by atoms with Crippen LogP contribution in [0.3, 0.4) is 0 Å². The quantitative estimate of drug-likeness (QED) is 0.899. The third kappa shape index (κ3) is 2.42. The summed E-state index contributed by atoms with van der Waals surface area (Å²) >= 11 is 0. The van der Waals surface area contributed by atoms with Crippen molar-refractivity contribution in [3.8, 4) is 0 Å². The van der Waals surface area contributed by atoms with Gasteiger partial charge in [0, 0.05) is 19.4 Å². The SMILES string of the molecule is O=C(O)C1(c2ncccc2C(F)(F)F)CCOCC1. The second-order valence-corrected chi connectivity index (χ2v) is 4.40. The van der Waals surface area contributed by atoms with Gasteiger partial charge in [-0.15, -0.1) is 0 Å². The molecule has 0 atom stereocenters. The van der Waals surface area contributed by atoms with Crippen LogP contribution in [0.25, 0.3) is 0 Å². The molecular formula is C12H12F3NO3. The molecule has 0 spiro atoms. The molecule has 2 heterocycles. The second-order valence-electron chi connectivity index (χ2n) is 4.40. The van der Waals surface area contributed by atoms with Gasteiger partial charge in [-0.3, -0.25) is 9.78 Å². The lowest BCUT2D eigenvalue weighted by Crippen LogP contribution is -2.43. The number of alkyl halides is 3. The molecule has 1 aromatic rings. The summed E-state index contributed by atoms with van der Waals surface area (Å²) in [5, 5.41) is 9.37. The monoisotopic (exact) mass is 275 g/mol. The average molecular weight is 275 g/mol. The zero-order valence-electron chi connectivity index (χ0n) is 9.91. The highest BCUT2D eigenvalue weighted by atomic mass is 19.4. The van der Waals surface area contributed by atoms with Gasteiger partial charge in [-0.05, 0) is 25.0 Å². The maximum Gasteiger partial charge on any atom is 0.418 e. The lowest BCUT2D eigenvalue weighted by Gasteiger charge is -2.34. The second kappa shape index (κ2) is 4.80. The molecule has 1 aliphatic heterocycles. The van der Waals surface area contributed by atoms with E-state index in [9.17, 15) is 23.1 Å². The Hall–Kier alpha value is -1.63. The van der Waals surface area contributed by atoms with E-state index in [0.717, 1.165) is 12.1 Å². The van der Waals surface area contributed by atoms with E-state index in [4.69, 9.17) is 4.74 Å². The Balaban J connectivity index is 2.58. The van der Waals surface area contributed by atoms with Crippen molar-refractivity contribution in [3.05, 3.63) is 29.6 Å². The molecule has 7 heteroatoms. The van der Waals surface area contributed by atoms with Gasteiger partial charge >= 0.3 is 12.1 Å². The van der Waals surface area contributed by atoms with Crippen LogP contribution < -0.4 is 0 Å². The molecule has 2 rings (SSSR count). The van der Waals surface area contributed by atoms with E-state index >= 15 is 0 Å². The standard InChI is InChI=1S/C12H12F3NO3/c13-12(14,15)8-2-1-5-16-9(8)11(10(17)18)3-6-19-7-4-11/h1-2,5H,3-4,6-7H2,(H,17,18). The van der Waals surface area contributed by atoms with Crippen LogP contribution >= 0.6 is 0 Å². The number of ether oxygens (including phenoxy) is 1. The van der Waals surface area contributed by atoms with Crippen molar-refractivity contribution in [2.24, 2.45) is 0 Å². The van der Waals surface area contributed by atoms with Crippen molar-refractivity contribution in [1.82, 2.24) is 4.98 Å². The van der Waals surface area contributed by atoms with Crippen LogP contribution in [0.15, 0.2) is 18.3 Å². The molecular weight excluding hydrogens is 263 g/mol. The summed E-state index contributed by atoms with van der Waals surface area (Å²) < 4.78 is 44.0. The molecule has 0 bridgehead atoms. The van der Waals surface area contributed by atoms with E-state index in [1.807, 2.05) is 0 Å². The Morgan fingerprint density at radius 2 is 2.00 bits per heavy atom. The molecule has 1 aliphatic rings. The Labute approximate surface area is 107 Å². The molecule has 4 nitrogen and oxygen atoms in total. The summed E-state index contributed by atoms with van der Waals surface area (Å²) in [7, 11) is 0. The van der Waals surface area contributed by atoms with E-state index < -0.39 is 28.8 Å². The summed E-state index contributed by atoms with van der Waals surface area (Å²) in [5.41, 5.74) is -3.03. The molecule has 0 aliphatic carbocycles. The van der Waals surface area contributed by atoms with E-state index in [-0.39, 0.29) is 26.1 Å². The summed E-state index contributed by atoms with van der Waals surface area (Å²) in [4.78, 5) is 15.2. The molecule has 104 valence electrons. The third-order valence-electron chi connectivity index (χ3n) is 3.32. The normalized spacial score (nSPS) is 19.1. The Kier molecular flexibility index (Phi) is 3.49. The highest BCUT2D eigenvalue weighted by molar-refractivity contribution is 5.81. The van der Waals surface area contributed by atoms with E-state index in [1.54, 1.807) is 0 Å². The fourth-order valence-electron chi connectivity index (χ4n) is 2.29. The Morgan fingerprint density at radius 3 is 2.53 bits per heavy atom. The fourth-order valence-corrected chi connectivity index (χ4v) is 2.29. The first kappa shape index (κ1) is 13.8. The molecule has 1 aromatic heterocycles. The van der Waals surface area contributed by atoms with Gasteiger partial charge in [0.1, 0.15) is 5.41 Å². The zero-order chi connectivity index (χ0) is 14.1. The van der Waals surface area contributed by atoms with Gasteiger partial charge in [0.25, 0.3) is 0 Å². The summed E-state index contributed by atoms with van der Waals surface area (Å²) in [6.45, 7) is 0.223. The molecule has 19 heavy (non-hydrogen) atoms. The van der Waals surface area contributed by atoms with E-state index in [1.165, 1.54) is 6.20 Å². The average Bonchev–Trinajstić information content (AvgIpc) is 2.38. The first-order chi connectivity index (χ1) is 8.88. The van der Waals surface area contributed by atoms with E-state index in [2.05, 4.69) is 4.98 Å². The van der Waals surface area contributed by atoms with E-state index in [0.29, 0.717) is 0 Å². The molecule has 0 amide bonds. The van der Waals surface area contributed by atoms with Gasteiger partial charge in [0.2, 0.25) is 0 Å². The van der Waals surface area contributed by atoms with Crippen LogP contribution in [0, 0.1) is 0 Å². The molecule has 1 saturated heterocycles. The number of carbonyl (C=O) groups is 1. The Bertz CT molecular complexity index is 481.